The van der Waals surface area contributed by atoms with Gasteiger partial charge in [-0.2, -0.15) is 0 Å². The third-order valence-electron chi connectivity index (χ3n) is 12.4. The van der Waals surface area contributed by atoms with E-state index in [0.717, 1.165) is 105 Å². The minimum absolute atomic E-state index is 0.158. The topological polar surface area (TPSA) is 60.8 Å². The fourth-order valence-electron chi connectivity index (χ4n) is 9.20. The molecule has 4 aromatic heterocycles. The van der Waals surface area contributed by atoms with Gasteiger partial charge in [0.15, 0.2) is 0 Å². The summed E-state index contributed by atoms with van der Waals surface area (Å²) in [6, 6.07) is 59.7. The number of hydrogen-bond donors (Lipinski definition) is 0. The molecule has 0 amide bonds. The van der Waals surface area contributed by atoms with E-state index in [0.29, 0.717) is 0 Å². The average Bonchev–Trinajstić information content (AvgIpc) is 3.63. The Morgan fingerprint density at radius 3 is 1.55 bits per heavy atom. The number of aromatic nitrogens is 4. The highest BCUT2D eigenvalue weighted by Crippen LogP contribution is 2.50. The SMILES string of the molecule is CC12C=CC=C(c3ccc4ccc5ccc(-c6cccc(-c7cccc(-c8cccc(-c9ccc%10ccc%11cccnc%11c%10n9)c8)c7)c6)nc5c4n3)C1Oc1ccccc12. The van der Waals surface area contributed by atoms with Gasteiger partial charge < -0.3 is 4.74 Å². The Morgan fingerprint density at radius 2 is 0.933 bits per heavy atom. The van der Waals surface area contributed by atoms with E-state index in [2.05, 4.69) is 188 Å². The van der Waals surface area contributed by atoms with Crippen molar-refractivity contribution in [3.05, 3.63) is 206 Å². The van der Waals surface area contributed by atoms with Crippen molar-refractivity contribution in [1.29, 1.82) is 0 Å². The maximum absolute atomic E-state index is 6.61. The van der Waals surface area contributed by atoms with Gasteiger partial charge in [-0.25, -0.2) is 15.0 Å². The summed E-state index contributed by atoms with van der Waals surface area (Å²) in [5, 5.41) is 4.28. The molecule has 0 N–H and O–H groups in total. The van der Waals surface area contributed by atoms with Crippen LogP contribution in [0, 0.1) is 0 Å². The third kappa shape index (κ3) is 5.54. The summed E-state index contributed by atoms with van der Waals surface area (Å²) in [5.41, 5.74) is 15.0. The van der Waals surface area contributed by atoms with Crippen molar-refractivity contribution in [3.8, 4) is 50.5 Å². The van der Waals surface area contributed by atoms with Crippen LogP contribution in [-0.4, -0.2) is 26.0 Å². The molecule has 0 radical (unpaired) electrons. The van der Waals surface area contributed by atoms with Gasteiger partial charge in [0.05, 0.1) is 44.6 Å². The lowest BCUT2D eigenvalue weighted by Crippen LogP contribution is -2.36. The molecular weight excluding hydrogens is 733 g/mol. The molecule has 0 spiro atoms. The number of rotatable bonds is 5. The molecule has 0 saturated heterocycles. The number of fused-ring (bicyclic) bond motifs is 9. The zero-order valence-electron chi connectivity index (χ0n) is 32.7. The molecule has 5 nitrogen and oxygen atoms in total. The van der Waals surface area contributed by atoms with Crippen molar-refractivity contribution in [2.75, 3.05) is 0 Å². The van der Waals surface area contributed by atoms with Crippen LogP contribution in [-0.2, 0) is 5.41 Å². The van der Waals surface area contributed by atoms with Gasteiger partial charge in [-0.15, -0.1) is 0 Å². The third-order valence-corrected chi connectivity index (χ3v) is 12.4. The van der Waals surface area contributed by atoms with E-state index >= 15 is 0 Å². The van der Waals surface area contributed by atoms with Crippen molar-refractivity contribution in [1.82, 2.24) is 19.9 Å². The van der Waals surface area contributed by atoms with E-state index in [1.54, 1.807) is 0 Å². The molecule has 2 aliphatic rings. The molecule has 5 heterocycles. The lowest BCUT2D eigenvalue weighted by atomic mass is 9.73. The van der Waals surface area contributed by atoms with Crippen LogP contribution in [0.15, 0.2) is 194 Å². The molecule has 0 bridgehead atoms. The summed E-state index contributed by atoms with van der Waals surface area (Å²) < 4.78 is 6.61. The largest absolute Gasteiger partial charge is 0.484 e. The molecule has 2 unspecified atom stereocenters. The number of allylic oxidation sites excluding steroid dienone is 2. The summed E-state index contributed by atoms with van der Waals surface area (Å²) in [7, 11) is 0. The average molecular weight is 769 g/mol. The first-order chi connectivity index (χ1) is 29.6. The lowest BCUT2D eigenvalue weighted by Gasteiger charge is -2.31. The second kappa shape index (κ2) is 13.4. The van der Waals surface area contributed by atoms with E-state index in [1.807, 2.05) is 18.3 Å². The molecule has 10 aromatic rings. The molecule has 0 saturated carbocycles. The van der Waals surface area contributed by atoms with Crippen LogP contribution >= 0.6 is 0 Å². The molecule has 2 atom stereocenters. The van der Waals surface area contributed by atoms with Crippen molar-refractivity contribution in [2.24, 2.45) is 0 Å². The molecule has 1 aliphatic heterocycles. The fraction of sp³-hybridized carbons (Fsp3) is 0.0545. The van der Waals surface area contributed by atoms with Gasteiger partial charge in [0, 0.05) is 50.0 Å². The molecule has 5 heteroatoms. The zero-order chi connectivity index (χ0) is 39.8. The lowest BCUT2D eigenvalue weighted by molar-refractivity contribution is 0.237. The number of benzene rings is 6. The first-order valence-electron chi connectivity index (χ1n) is 20.4. The van der Waals surface area contributed by atoms with Crippen LogP contribution in [0.3, 0.4) is 0 Å². The summed E-state index contributed by atoms with van der Waals surface area (Å²) in [4.78, 5) is 20.4. The van der Waals surface area contributed by atoms with E-state index in [9.17, 15) is 0 Å². The van der Waals surface area contributed by atoms with Gasteiger partial charge >= 0.3 is 0 Å². The molecule has 6 aromatic carbocycles. The van der Waals surface area contributed by atoms with E-state index in [1.165, 1.54) is 5.56 Å². The quantitative estimate of drug-likeness (QED) is 0.163. The van der Waals surface area contributed by atoms with Crippen molar-refractivity contribution in [2.45, 2.75) is 18.4 Å². The van der Waals surface area contributed by atoms with E-state index in [4.69, 9.17) is 19.7 Å². The van der Waals surface area contributed by atoms with Crippen LogP contribution in [0.4, 0.5) is 0 Å². The van der Waals surface area contributed by atoms with Gasteiger partial charge in [-0.1, -0.05) is 140 Å². The Bertz CT molecular complexity index is 3460. The minimum Gasteiger partial charge on any atom is -0.484 e. The summed E-state index contributed by atoms with van der Waals surface area (Å²) in [6.07, 6.45) is 8.22. The second-order valence-electron chi connectivity index (χ2n) is 16.0. The highest BCUT2D eigenvalue weighted by molar-refractivity contribution is 6.05. The van der Waals surface area contributed by atoms with Crippen LogP contribution < -0.4 is 4.74 Å². The van der Waals surface area contributed by atoms with E-state index in [-0.39, 0.29) is 11.5 Å². The number of pyridine rings is 4. The molecule has 60 heavy (non-hydrogen) atoms. The minimum atomic E-state index is -0.264. The molecule has 12 rings (SSSR count). The maximum atomic E-state index is 6.61. The van der Waals surface area contributed by atoms with Gasteiger partial charge in [0.1, 0.15) is 11.9 Å². The highest BCUT2D eigenvalue weighted by Gasteiger charge is 2.47. The smallest absolute Gasteiger partial charge is 0.139 e. The molecular formula is C55H36N4O. The van der Waals surface area contributed by atoms with Crippen molar-refractivity contribution >= 4 is 49.2 Å². The Kier molecular flexibility index (Phi) is 7.66. The Hall–Kier alpha value is -7.76. The standard InChI is InChI=1S/C55H36N4O/c1-55-29-7-16-44(54(55)60-49-18-3-2-17-45(49)55)48-28-25-37-22-21-36-24-27-47(58-52(36)53(37)59-48)43-14-6-12-41(33-43)39-10-4-9-38(31-39)40-11-5-13-42(32-40)46-26-23-35-20-19-34-15-8-30-56-50(34)51(35)57-46/h2-33,54H,1H3. The summed E-state index contributed by atoms with van der Waals surface area (Å²) in [5.74, 6) is 0.935. The normalized spacial score (nSPS) is 16.8. The first-order valence-corrected chi connectivity index (χ1v) is 20.4. The van der Waals surface area contributed by atoms with Crippen LogP contribution in [0.5, 0.6) is 5.75 Å². The van der Waals surface area contributed by atoms with Crippen molar-refractivity contribution < 1.29 is 4.74 Å². The highest BCUT2D eigenvalue weighted by atomic mass is 16.5. The van der Waals surface area contributed by atoms with Crippen LogP contribution in [0.1, 0.15) is 18.2 Å². The number of hydrogen-bond acceptors (Lipinski definition) is 5. The van der Waals surface area contributed by atoms with Crippen LogP contribution in [0.2, 0.25) is 0 Å². The fourth-order valence-corrected chi connectivity index (χ4v) is 9.20. The monoisotopic (exact) mass is 768 g/mol. The molecule has 0 fully saturated rings. The Labute approximate surface area is 347 Å². The molecule has 1 aliphatic carbocycles. The maximum Gasteiger partial charge on any atom is 0.139 e. The van der Waals surface area contributed by atoms with Gasteiger partial charge in [0.2, 0.25) is 0 Å². The first kappa shape index (κ1) is 34.3. The van der Waals surface area contributed by atoms with Crippen molar-refractivity contribution in [3.63, 3.8) is 0 Å². The van der Waals surface area contributed by atoms with E-state index < -0.39 is 0 Å². The Balaban J connectivity index is 0.875. The van der Waals surface area contributed by atoms with Gasteiger partial charge in [-0.05, 0) is 77.7 Å². The number of ether oxygens (including phenoxy) is 1. The predicted octanol–water partition coefficient (Wildman–Crippen LogP) is 13.2. The second-order valence-corrected chi connectivity index (χ2v) is 16.0. The number of nitrogens with zero attached hydrogens (tertiary/aromatic N) is 4. The summed E-state index contributed by atoms with van der Waals surface area (Å²) >= 11 is 0. The molecule has 282 valence electrons. The Morgan fingerprint density at radius 1 is 0.450 bits per heavy atom. The zero-order valence-corrected chi connectivity index (χ0v) is 32.7. The van der Waals surface area contributed by atoms with Gasteiger partial charge in [0.25, 0.3) is 0 Å². The summed E-state index contributed by atoms with van der Waals surface area (Å²) in [6.45, 7) is 2.25. The predicted molar refractivity (Wildman–Crippen MR) is 245 cm³/mol. The van der Waals surface area contributed by atoms with Crippen LogP contribution in [0.25, 0.3) is 94.0 Å². The van der Waals surface area contributed by atoms with Gasteiger partial charge in [-0.3, -0.25) is 4.98 Å². The number of para-hydroxylation sites is 1.